The van der Waals surface area contributed by atoms with E-state index in [4.69, 9.17) is 9.47 Å². The van der Waals surface area contributed by atoms with Crippen molar-refractivity contribution in [2.24, 2.45) is 0 Å². The van der Waals surface area contributed by atoms with Crippen LogP contribution in [0.3, 0.4) is 0 Å². The van der Waals surface area contributed by atoms with Crippen LogP contribution in [-0.2, 0) is 15.6 Å². The van der Waals surface area contributed by atoms with Crippen molar-refractivity contribution in [2.75, 3.05) is 72.5 Å². The molecule has 0 spiro atoms. The minimum absolute atomic E-state index is 0.0684. The summed E-state index contributed by atoms with van der Waals surface area (Å²) in [7, 11) is 4.27. The first-order valence-electron chi connectivity index (χ1n) is 15.8. The summed E-state index contributed by atoms with van der Waals surface area (Å²) in [4.78, 5) is 16.5. The molecule has 3 aromatic rings. The van der Waals surface area contributed by atoms with Gasteiger partial charge in [-0.2, -0.15) is 9.29 Å². The smallest absolute Gasteiger partial charge is 0.243 e. The number of aromatic nitrogens is 2. The molecule has 1 atom stereocenters. The number of nitrogens with zero attached hydrogens (tertiary/aromatic N) is 6. The van der Waals surface area contributed by atoms with E-state index in [9.17, 15) is 8.42 Å². The summed E-state index contributed by atoms with van der Waals surface area (Å²) in [6, 6.07) is 15.9. The number of hydrogen-bond donors (Lipinski definition) is 0. The van der Waals surface area contributed by atoms with E-state index in [1.807, 2.05) is 20.9 Å². The number of piperidine rings is 1. The number of rotatable bonds is 12. The second kappa shape index (κ2) is 14.0. The van der Waals surface area contributed by atoms with Gasteiger partial charge in [-0.25, -0.2) is 13.4 Å². The van der Waals surface area contributed by atoms with Gasteiger partial charge in [0.05, 0.1) is 18.0 Å². The Bertz CT molecular complexity index is 1520. The molecule has 0 saturated carbocycles. The van der Waals surface area contributed by atoms with Crippen LogP contribution in [0.1, 0.15) is 42.4 Å². The lowest BCUT2D eigenvalue weighted by Crippen LogP contribution is -2.51. The van der Waals surface area contributed by atoms with Gasteiger partial charge in [-0.05, 0) is 82.4 Å². The summed E-state index contributed by atoms with van der Waals surface area (Å²) in [6.07, 6.45) is 5.39. The normalized spacial score (nSPS) is 19.1. The Balaban J connectivity index is 1.16. The van der Waals surface area contributed by atoms with Gasteiger partial charge in [-0.1, -0.05) is 30.3 Å². The van der Waals surface area contributed by atoms with Crippen LogP contribution in [0.25, 0.3) is 0 Å². The Morgan fingerprint density at radius 2 is 1.69 bits per heavy atom. The number of anilines is 1. The van der Waals surface area contributed by atoms with Crippen LogP contribution in [0.15, 0.2) is 59.6 Å². The molecule has 0 aliphatic carbocycles. The second-order valence-corrected chi connectivity index (χ2v) is 14.4. The Morgan fingerprint density at radius 3 is 2.33 bits per heavy atom. The Hall–Kier alpha value is -3.25. The fourth-order valence-electron chi connectivity index (χ4n) is 6.90. The molecule has 2 aromatic carbocycles. The standard InChI is InChI=1S/C34H48N6O4S/c1-26-23-30(43-6)24-27(2)32(26)45(41,42)40-18-10-13-29(40)25-44-31-14-17-35-33(36-31)38(5)21-22-39-19-15-34(16-20-39,37(3)4)28-11-8-7-9-12-28/h7-9,11-12,14,17,23-24,29H,10,13,15-16,18-22,25H2,1-6H3/t29-/m0/s1. The number of ether oxygens (including phenoxy) is 2. The average Bonchev–Trinajstić information content (AvgIpc) is 3.53. The molecule has 2 saturated heterocycles. The monoisotopic (exact) mass is 636 g/mol. The maximum Gasteiger partial charge on any atom is 0.243 e. The summed E-state index contributed by atoms with van der Waals surface area (Å²) in [6.45, 7) is 8.10. The van der Waals surface area contributed by atoms with Gasteiger partial charge in [-0.3, -0.25) is 4.90 Å². The van der Waals surface area contributed by atoms with Gasteiger partial charge >= 0.3 is 0 Å². The van der Waals surface area contributed by atoms with Crippen molar-refractivity contribution in [3.8, 4) is 11.6 Å². The fraction of sp³-hybridized carbons (Fsp3) is 0.529. The van der Waals surface area contributed by atoms with Crippen LogP contribution in [0.4, 0.5) is 5.95 Å². The number of aryl methyl sites for hydroxylation is 2. The van der Waals surface area contributed by atoms with Crippen molar-refractivity contribution < 1.29 is 17.9 Å². The number of likely N-dealkylation sites (tertiary alicyclic amines) is 1. The second-order valence-electron chi connectivity index (χ2n) is 12.6. The topological polar surface area (TPSA) is 91.3 Å². The summed E-state index contributed by atoms with van der Waals surface area (Å²) >= 11 is 0. The summed E-state index contributed by atoms with van der Waals surface area (Å²) in [5.41, 5.74) is 2.82. The zero-order valence-electron chi connectivity index (χ0n) is 27.6. The van der Waals surface area contributed by atoms with Crippen molar-refractivity contribution in [1.82, 2.24) is 24.1 Å². The number of hydrogen-bond acceptors (Lipinski definition) is 9. The summed E-state index contributed by atoms with van der Waals surface area (Å²) in [5.74, 6) is 1.70. The highest BCUT2D eigenvalue weighted by atomic mass is 32.2. The highest BCUT2D eigenvalue weighted by Gasteiger charge is 2.39. The molecule has 244 valence electrons. The quantitative estimate of drug-likeness (QED) is 0.288. The zero-order valence-corrected chi connectivity index (χ0v) is 28.4. The molecule has 2 fully saturated rings. The van der Waals surface area contributed by atoms with Gasteiger partial charge in [0.15, 0.2) is 0 Å². The van der Waals surface area contributed by atoms with E-state index in [0.717, 1.165) is 51.9 Å². The van der Waals surface area contributed by atoms with Crippen molar-refractivity contribution in [1.29, 1.82) is 0 Å². The maximum atomic E-state index is 13.8. The average molecular weight is 637 g/mol. The third-order valence-corrected chi connectivity index (χ3v) is 11.8. The largest absolute Gasteiger partial charge is 0.497 e. The Morgan fingerprint density at radius 1 is 1.00 bits per heavy atom. The molecule has 2 aliphatic rings. The minimum Gasteiger partial charge on any atom is -0.497 e. The highest BCUT2D eigenvalue weighted by Crippen LogP contribution is 2.37. The van der Waals surface area contributed by atoms with E-state index >= 15 is 0 Å². The van der Waals surface area contributed by atoms with E-state index in [1.165, 1.54) is 5.56 Å². The van der Waals surface area contributed by atoms with Crippen LogP contribution in [-0.4, -0.2) is 106 Å². The highest BCUT2D eigenvalue weighted by molar-refractivity contribution is 7.89. The molecule has 0 unspecified atom stereocenters. The van der Waals surface area contributed by atoms with Gasteiger partial charge in [0, 0.05) is 57.6 Å². The molecule has 45 heavy (non-hydrogen) atoms. The SMILES string of the molecule is COc1cc(C)c(S(=O)(=O)N2CCC[C@H]2COc2ccnc(N(C)CCN3CCC(c4ccccc4)(N(C)C)CC3)n2)c(C)c1. The van der Waals surface area contributed by atoms with Gasteiger partial charge in [0.2, 0.25) is 21.9 Å². The third-order valence-electron chi connectivity index (χ3n) is 9.54. The van der Waals surface area contributed by atoms with E-state index in [-0.39, 0.29) is 18.2 Å². The van der Waals surface area contributed by atoms with Crippen molar-refractivity contribution in [3.05, 3.63) is 71.4 Å². The molecule has 0 radical (unpaired) electrons. The lowest BCUT2D eigenvalue weighted by molar-refractivity contribution is 0.0550. The van der Waals surface area contributed by atoms with Crippen LogP contribution in [0, 0.1) is 13.8 Å². The molecular weight excluding hydrogens is 588 g/mol. The van der Waals surface area contributed by atoms with E-state index in [0.29, 0.717) is 40.1 Å². The lowest BCUT2D eigenvalue weighted by Gasteiger charge is -2.47. The van der Waals surface area contributed by atoms with Gasteiger partial charge in [-0.15, -0.1) is 0 Å². The van der Waals surface area contributed by atoms with Gasteiger partial charge in [0.1, 0.15) is 12.4 Å². The van der Waals surface area contributed by atoms with Crippen LogP contribution < -0.4 is 14.4 Å². The Labute approximate surface area is 269 Å². The van der Waals surface area contributed by atoms with Crippen molar-refractivity contribution in [2.45, 2.75) is 56.0 Å². The minimum atomic E-state index is -3.70. The number of methoxy groups -OCH3 is 1. The van der Waals surface area contributed by atoms with E-state index in [1.54, 1.807) is 35.8 Å². The van der Waals surface area contributed by atoms with Gasteiger partial charge in [0.25, 0.3) is 0 Å². The van der Waals surface area contributed by atoms with E-state index < -0.39 is 10.0 Å². The number of benzene rings is 2. The first-order valence-corrected chi connectivity index (χ1v) is 17.3. The van der Waals surface area contributed by atoms with Crippen LogP contribution in [0.5, 0.6) is 11.6 Å². The summed E-state index contributed by atoms with van der Waals surface area (Å²) in [5, 5.41) is 0. The Kier molecular flexibility index (Phi) is 10.3. The zero-order chi connectivity index (χ0) is 32.2. The molecule has 1 aromatic heterocycles. The third kappa shape index (κ3) is 7.11. The fourth-order valence-corrected chi connectivity index (χ4v) is 9.00. The first kappa shape index (κ1) is 33.1. The molecular formula is C34H48N6O4S. The summed E-state index contributed by atoms with van der Waals surface area (Å²) < 4.78 is 40.6. The van der Waals surface area contributed by atoms with E-state index in [2.05, 4.69) is 69.1 Å². The van der Waals surface area contributed by atoms with Crippen molar-refractivity contribution >= 4 is 16.0 Å². The molecule has 0 N–H and O–H groups in total. The molecule has 11 heteroatoms. The maximum absolute atomic E-state index is 13.8. The number of sulfonamides is 1. The molecule has 2 aliphatic heterocycles. The molecule has 0 bridgehead atoms. The van der Waals surface area contributed by atoms with Crippen molar-refractivity contribution in [3.63, 3.8) is 0 Å². The molecule has 5 rings (SSSR count). The predicted molar refractivity (Wildman–Crippen MR) is 178 cm³/mol. The first-order chi connectivity index (χ1) is 21.5. The number of likely N-dealkylation sites (N-methyl/N-ethyl adjacent to an activating group) is 1. The van der Waals surface area contributed by atoms with Crippen LogP contribution >= 0.6 is 0 Å². The van der Waals surface area contributed by atoms with Crippen LogP contribution in [0.2, 0.25) is 0 Å². The molecule has 3 heterocycles. The molecule has 0 amide bonds. The predicted octanol–water partition coefficient (Wildman–Crippen LogP) is 4.32. The molecule has 10 nitrogen and oxygen atoms in total. The lowest BCUT2D eigenvalue weighted by atomic mass is 9.80. The van der Waals surface area contributed by atoms with Gasteiger partial charge < -0.3 is 19.3 Å².